The number of aromatic nitrogens is 1. The van der Waals surface area contributed by atoms with Crippen LogP contribution in [0.4, 0.5) is 0 Å². The summed E-state index contributed by atoms with van der Waals surface area (Å²) in [4.78, 5) is 0. The Morgan fingerprint density at radius 1 is 1.50 bits per heavy atom. The molecule has 1 heterocycles. The van der Waals surface area contributed by atoms with Gasteiger partial charge >= 0.3 is 0 Å². The van der Waals surface area contributed by atoms with Crippen molar-refractivity contribution in [2.45, 2.75) is 39.3 Å². The van der Waals surface area contributed by atoms with E-state index < -0.39 is 0 Å². The van der Waals surface area contributed by atoms with Gasteiger partial charge in [-0.2, -0.15) is 0 Å². The van der Waals surface area contributed by atoms with Gasteiger partial charge in [0, 0.05) is 18.7 Å². The molecule has 0 bridgehead atoms. The highest BCUT2D eigenvalue weighted by Crippen LogP contribution is 1.99. The number of hydrogen-bond donors (Lipinski definition) is 1. The summed E-state index contributed by atoms with van der Waals surface area (Å²) in [5.74, 6) is 0. The Morgan fingerprint density at radius 3 is 2.75 bits per heavy atom. The molecular weight excluding hydrogens is 152 g/mol. The lowest BCUT2D eigenvalue weighted by Crippen LogP contribution is -2.27. The lowest BCUT2D eigenvalue weighted by molar-refractivity contribution is 0.401. The van der Waals surface area contributed by atoms with Crippen molar-refractivity contribution in [2.24, 2.45) is 0 Å². The molecule has 0 aliphatic carbocycles. The highest BCUT2D eigenvalue weighted by Gasteiger charge is 2.02. The third-order valence-corrected chi connectivity index (χ3v) is 2.05. The van der Waals surface area contributed by atoms with E-state index in [1.54, 1.807) is 6.26 Å². The van der Waals surface area contributed by atoms with E-state index in [1.165, 1.54) is 0 Å². The molecule has 0 saturated heterocycles. The Kier molecular flexibility index (Phi) is 3.80. The van der Waals surface area contributed by atoms with Gasteiger partial charge < -0.3 is 9.84 Å². The minimum Gasteiger partial charge on any atom is -0.364 e. The van der Waals surface area contributed by atoms with Crippen LogP contribution in [0.3, 0.4) is 0 Å². The molecule has 1 rings (SSSR count). The fraction of sp³-hybridized carbons (Fsp3) is 0.667. The van der Waals surface area contributed by atoms with E-state index in [1.807, 2.05) is 6.07 Å². The molecule has 0 aliphatic rings. The molecule has 68 valence electrons. The molecule has 1 aromatic heterocycles. The van der Waals surface area contributed by atoms with Crippen LogP contribution in [-0.2, 0) is 6.54 Å². The van der Waals surface area contributed by atoms with Crippen LogP contribution < -0.4 is 5.32 Å². The van der Waals surface area contributed by atoms with Crippen LogP contribution in [0.1, 0.15) is 32.4 Å². The highest BCUT2D eigenvalue weighted by molar-refractivity contribution is 4.94. The Balaban J connectivity index is 2.25. The first kappa shape index (κ1) is 9.26. The van der Waals surface area contributed by atoms with Gasteiger partial charge in [0.25, 0.3) is 0 Å². The number of hydrogen-bond acceptors (Lipinski definition) is 3. The van der Waals surface area contributed by atoms with E-state index in [2.05, 4.69) is 24.3 Å². The Morgan fingerprint density at radius 2 is 2.25 bits per heavy atom. The monoisotopic (exact) mass is 168 g/mol. The van der Waals surface area contributed by atoms with Gasteiger partial charge in [-0.3, -0.25) is 0 Å². The van der Waals surface area contributed by atoms with Gasteiger partial charge in [0.05, 0.1) is 5.69 Å². The van der Waals surface area contributed by atoms with Crippen molar-refractivity contribution in [1.29, 1.82) is 0 Å². The smallest absolute Gasteiger partial charge is 0.124 e. The summed E-state index contributed by atoms with van der Waals surface area (Å²) < 4.78 is 4.72. The van der Waals surface area contributed by atoms with Gasteiger partial charge in [0.1, 0.15) is 6.26 Å². The van der Waals surface area contributed by atoms with Gasteiger partial charge in [-0.25, -0.2) is 0 Å². The fourth-order valence-corrected chi connectivity index (χ4v) is 1.15. The van der Waals surface area contributed by atoms with E-state index in [0.29, 0.717) is 6.04 Å². The molecule has 0 fully saturated rings. The van der Waals surface area contributed by atoms with Gasteiger partial charge in [-0.05, 0) is 12.8 Å². The molecule has 0 aromatic carbocycles. The first-order valence-electron chi connectivity index (χ1n) is 4.49. The maximum absolute atomic E-state index is 4.72. The van der Waals surface area contributed by atoms with Crippen molar-refractivity contribution in [3.8, 4) is 0 Å². The topological polar surface area (TPSA) is 38.1 Å². The lowest BCUT2D eigenvalue weighted by Gasteiger charge is -2.12. The molecule has 3 nitrogen and oxygen atoms in total. The molecule has 0 saturated carbocycles. The third kappa shape index (κ3) is 2.66. The molecule has 0 unspecified atom stereocenters. The van der Waals surface area contributed by atoms with Crippen LogP contribution in [-0.4, -0.2) is 11.2 Å². The second-order valence-corrected chi connectivity index (χ2v) is 2.89. The predicted molar refractivity (Wildman–Crippen MR) is 47.7 cm³/mol. The zero-order valence-corrected chi connectivity index (χ0v) is 7.71. The van der Waals surface area contributed by atoms with E-state index in [0.717, 1.165) is 25.1 Å². The predicted octanol–water partition coefficient (Wildman–Crippen LogP) is 1.95. The molecule has 0 radical (unpaired) electrons. The van der Waals surface area contributed by atoms with Crippen molar-refractivity contribution in [3.63, 3.8) is 0 Å². The minimum atomic E-state index is 0.599. The fourth-order valence-electron chi connectivity index (χ4n) is 1.15. The third-order valence-electron chi connectivity index (χ3n) is 2.05. The minimum absolute atomic E-state index is 0.599. The van der Waals surface area contributed by atoms with Crippen molar-refractivity contribution in [1.82, 2.24) is 10.5 Å². The Labute approximate surface area is 73.1 Å². The molecule has 3 heteroatoms. The van der Waals surface area contributed by atoms with Crippen molar-refractivity contribution >= 4 is 0 Å². The summed E-state index contributed by atoms with van der Waals surface area (Å²) in [5.41, 5.74) is 0.974. The molecule has 1 aromatic rings. The molecule has 12 heavy (non-hydrogen) atoms. The number of nitrogens with zero attached hydrogens (tertiary/aromatic N) is 1. The van der Waals surface area contributed by atoms with Crippen molar-refractivity contribution in [2.75, 3.05) is 0 Å². The van der Waals surface area contributed by atoms with Crippen molar-refractivity contribution in [3.05, 3.63) is 18.0 Å². The Hall–Kier alpha value is -0.830. The molecule has 0 spiro atoms. The summed E-state index contributed by atoms with van der Waals surface area (Å²) in [6.07, 6.45) is 3.92. The average Bonchev–Trinajstić information content (AvgIpc) is 2.59. The van der Waals surface area contributed by atoms with Crippen molar-refractivity contribution < 1.29 is 4.52 Å². The number of rotatable bonds is 5. The standard InChI is InChI=1S/C9H16N2O/c1-3-8(4-2)10-7-9-5-6-12-11-9/h5-6,8,10H,3-4,7H2,1-2H3. The summed E-state index contributed by atoms with van der Waals surface area (Å²) in [5, 5.41) is 7.22. The summed E-state index contributed by atoms with van der Waals surface area (Å²) >= 11 is 0. The lowest BCUT2D eigenvalue weighted by atomic mass is 10.2. The molecule has 0 atom stereocenters. The summed E-state index contributed by atoms with van der Waals surface area (Å²) in [7, 11) is 0. The summed E-state index contributed by atoms with van der Waals surface area (Å²) in [6, 6.07) is 2.48. The van der Waals surface area contributed by atoms with Crippen LogP contribution in [0.15, 0.2) is 16.9 Å². The van der Waals surface area contributed by atoms with Gasteiger partial charge in [0.15, 0.2) is 0 Å². The maximum Gasteiger partial charge on any atom is 0.124 e. The van der Waals surface area contributed by atoms with E-state index in [9.17, 15) is 0 Å². The second kappa shape index (κ2) is 4.93. The van der Waals surface area contributed by atoms with Crippen LogP contribution in [0.5, 0.6) is 0 Å². The molecular formula is C9H16N2O. The van der Waals surface area contributed by atoms with Gasteiger partial charge in [-0.1, -0.05) is 19.0 Å². The molecule has 1 N–H and O–H groups in total. The number of nitrogens with one attached hydrogen (secondary N) is 1. The average molecular weight is 168 g/mol. The largest absolute Gasteiger partial charge is 0.364 e. The Bertz CT molecular complexity index is 192. The van der Waals surface area contributed by atoms with E-state index in [-0.39, 0.29) is 0 Å². The SMILES string of the molecule is CCC(CC)NCc1ccon1. The molecule has 0 amide bonds. The molecule has 0 aliphatic heterocycles. The maximum atomic E-state index is 4.72. The van der Waals surface area contributed by atoms with Gasteiger partial charge in [0.2, 0.25) is 0 Å². The normalized spacial score (nSPS) is 10.9. The van der Waals surface area contributed by atoms with Gasteiger partial charge in [-0.15, -0.1) is 0 Å². The van der Waals surface area contributed by atoms with Crippen LogP contribution in [0.2, 0.25) is 0 Å². The zero-order valence-electron chi connectivity index (χ0n) is 7.71. The first-order chi connectivity index (χ1) is 5.86. The second-order valence-electron chi connectivity index (χ2n) is 2.89. The van der Waals surface area contributed by atoms with E-state index in [4.69, 9.17) is 4.52 Å². The zero-order chi connectivity index (χ0) is 8.81. The quantitative estimate of drug-likeness (QED) is 0.730. The first-order valence-corrected chi connectivity index (χ1v) is 4.49. The van der Waals surface area contributed by atoms with E-state index >= 15 is 0 Å². The van der Waals surface area contributed by atoms with Crippen LogP contribution in [0.25, 0.3) is 0 Å². The summed E-state index contributed by atoms with van der Waals surface area (Å²) in [6.45, 7) is 5.18. The van der Waals surface area contributed by atoms with Crippen LogP contribution >= 0.6 is 0 Å². The van der Waals surface area contributed by atoms with Crippen LogP contribution in [0, 0.1) is 0 Å². The highest BCUT2D eigenvalue weighted by atomic mass is 16.5.